The van der Waals surface area contributed by atoms with Crippen LogP contribution in [-0.4, -0.2) is 19.0 Å². The molecular weight excluding hydrogens is 417 g/mol. The number of ether oxygens (including phenoxy) is 3. The molecule has 3 aromatic rings. The fraction of sp³-hybridized carbons (Fsp3) is 0.308. The van der Waals surface area contributed by atoms with Crippen molar-refractivity contribution in [2.45, 2.75) is 37.8 Å². The van der Waals surface area contributed by atoms with Gasteiger partial charge in [-0.3, -0.25) is 0 Å². The van der Waals surface area contributed by atoms with E-state index in [1.807, 2.05) is 30.3 Å². The molecule has 0 bridgehead atoms. The molecule has 1 saturated heterocycles. The molecule has 166 valence electrons. The second-order valence-electron chi connectivity index (χ2n) is 8.28. The van der Waals surface area contributed by atoms with Gasteiger partial charge in [-0.25, -0.2) is 0 Å². The topological polar surface area (TPSA) is 27.7 Å². The van der Waals surface area contributed by atoms with Crippen LogP contribution in [0.2, 0.25) is 0 Å². The molecule has 5 rings (SSSR count). The number of alkyl halides is 3. The molecule has 0 unspecified atom stereocenters. The third-order valence-electron chi connectivity index (χ3n) is 6.10. The van der Waals surface area contributed by atoms with Crippen LogP contribution in [-0.2, 0) is 35.1 Å². The monoisotopic (exact) mass is 440 g/mol. The van der Waals surface area contributed by atoms with Gasteiger partial charge in [0.25, 0.3) is 0 Å². The third kappa shape index (κ3) is 4.38. The van der Waals surface area contributed by atoms with Crippen LogP contribution in [0.3, 0.4) is 0 Å². The Bertz CT molecular complexity index is 1100. The largest absolute Gasteiger partial charge is 0.489 e. The van der Waals surface area contributed by atoms with E-state index in [0.717, 1.165) is 53.8 Å². The van der Waals surface area contributed by atoms with E-state index in [4.69, 9.17) is 14.2 Å². The SMILES string of the molecule is FC(F)(F)c1ccc(-c2cccc(COc3ccc4c(c3)CCC3(C4)OCCO3)c2)cc1. The van der Waals surface area contributed by atoms with Gasteiger partial charge in [-0.15, -0.1) is 0 Å². The molecule has 0 atom stereocenters. The smallest absolute Gasteiger partial charge is 0.416 e. The highest BCUT2D eigenvalue weighted by molar-refractivity contribution is 5.64. The number of benzene rings is 3. The van der Waals surface area contributed by atoms with Gasteiger partial charge in [0, 0.05) is 12.8 Å². The molecule has 1 heterocycles. The molecule has 1 aliphatic carbocycles. The van der Waals surface area contributed by atoms with Crippen LogP contribution in [0.5, 0.6) is 5.75 Å². The highest BCUT2D eigenvalue weighted by Gasteiger charge is 2.39. The summed E-state index contributed by atoms with van der Waals surface area (Å²) in [6, 6.07) is 19.0. The Morgan fingerprint density at radius 1 is 0.844 bits per heavy atom. The van der Waals surface area contributed by atoms with Crippen LogP contribution in [0.1, 0.15) is 28.7 Å². The molecule has 6 heteroatoms. The molecule has 1 spiro atoms. The summed E-state index contributed by atoms with van der Waals surface area (Å²) >= 11 is 0. The summed E-state index contributed by atoms with van der Waals surface area (Å²) in [5, 5.41) is 0. The van der Waals surface area contributed by atoms with E-state index < -0.39 is 17.5 Å². The van der Waals surface area contributed by atoms with E-state index in [9.17, 15) is 13.2 Å². The summed E-state index contributed by atoms with van der Waals surface area (Å²) < 4.78 is 56.1. The second-order valence-corrected chi connectivity index (χ2v) is 8.28. The molecule has 0 N–H and O–H groups in total. The maximum Gasteiger partial charge on any atom is 0.416 e. The minimum Gasteiger partial charge on any atom is -0.489 e. The lowest BCUT2D eigenvalue weighted by Crippen LogP contribution is -2.36. The van der Waals surface area contributed by atoms with Crippen molar-refractivity contribution in [3.05, 3.63) is 89.0 Å². The van der Waals surface area contributed by atoms with E-state index in [0.29, 0.717) is 19.8 Å². The number of hydrogen-bond acceptors (Lipinski definition) is 3. The molecule has 0 saturated carbocycles. The van der Waals surface area contributed by atoms with Crippen molar-refractivity contribution in [3.8, 4) is 16.9 Å². The van der Waals surface area contributed by atoms with Crippen LogP contribution in [0.15, 0.2) is 66.7 Å². The number of hydrogen-bond donors (Lipinski definition) is 0. The molecule has 3 aromatic carbocycles. The Labute approximate surface area is 184 Å². The average Bonchev–Trinajstić information content (AvgIpc) is 3.25. The van der Waals surface area contributed by atoms with Gasteiger partial charge in [0.1, 0.15) is 12.4 Å². The Morgan fingerprint density at radius 3 is 2.38 bits per heavy atom. The molecular formula is C26H23F3O3. The quantitative estimate of drug-likeness (QED) is 0.485. The van der Waals surface area contributed by atoms with Gasteiger partial charge >= 0.3 is 6.18 Å². The van der Waals surface area contributed by atoms with Gasteiger partial charge in [-0.05, 0) is 64.6 Å². The fourth-order valence-electron chi connectivity index (χ4n) is 4.40. The van der Waals surface area contributed by atoms with Crippen LogP contribution in [0, 0.1) is 0 Å². The van der Waals surface area contributed by atoms with Crippen molar-refractivity contribution < 1.29 is 27.4 Å². The lowest BCUT2D eigenvalue weighted by Gasteiger charge is -2.32. The maximum absolute atomic E-state index is 12.8. The van der Waals surface area contributed by atoms with Gasteiger partial charge in [-0.2, -0.15) is 13.2 Å². The lowest BCUT2D eigenvalue weighted by molar-refractivity contribution is -0.163. The Balaban J connectivity index is 1.26. The van der Waals surface area contributed by atoms with Gasteiger partial charge in [0.15, 0.2) is 5.79 Å². The zero-order chi connectivity index (χ0) is 22.2. The van der Waals surface area contributed by atoms with Crippen LogP contribution >= 0.6 is 0 Å². The highest BCUT2D eigenvalue weighted by atomic mass is 19.4. The van der Waals surface area contributed by atoms with E-state index in [1.54, 1.807) is 0 Å². The Hall–Kier alpha value is -2.83. The fourth-order valence-corrected chi connectivity index (χ4v) is 4.40. The van der Waals surface area contributed by atoms with Gasteiger partial charge in [0.05, 0.1) is 18.8 Å². The maximum atomic E-state index is 12.8. The first-order chi connectivity index (χ1) is 15.4. The predicted octanol–water partition coefficient (Wildman–Crippen LogP) is 6.18. The molecule has 1 fully saturated rings. The van der Waals surface area contributed by atoms with Crippen LogP contribution in [0.25, 0.3) is 11.1 Å². The zero-order valence-electron chi connectivity index (χ0n) is 17.5. The lowest BCUT2D eigenvalue weighted by atomic mass is 9.87. The number of aryl methyl sites for hydroxylation is 1. The first kappa shape index (κ1) is 21.0. The summed E-state index contributed by atoms with van der Waals surface area (Å²) in [6.45, 7) is 1.69. The molecule has 1 aliphatic heterocycles. The number of fused-ring (bicyclic) bond motifs is 1. The molecule has 32 heavy (non-hydrogen) atoms. The highest BCUT2D eigenvalue weighted by Crippen LogP contribution is 2.37. The van der Waals surface area contributed by atoms with E-state index in [2.05, 4.69) is 12.1 Å². The van der Waals surface area contributed by atoms with Crippen molar-refractivity contribution in [1.82, 2.24) is 0 Å². The molecule has 0 amide bonds. The van der Waals surface area contributed by atoms with Gasteiger partial charge in [-0.1, -0.05) is 36.4 Å². The second kappa shape index (κ2) is 8.26. The average molecular weight is 440 g/mol. The number of halogens is 3. The summed E-state index contributed by atoms with van der Waals surface area (Å²) in [5.74, 6) is 0.349. The molecule has 3 nitrogen and oxygen atoms in total. The van der Waals surface area contributed by atoms with E-state index >= 15 is 0 Å². The minimum absolute atomic E-state index is 0.378. The van der Waals surface area contributed by atoms with E-state index in [-0.39, 0.29) is 0 Å². The number of rotatable bonds is 4. The Kier molecular flexibility index (Phi) is 5.43. The predicted molar refractivity (Wildman–Crippen MR) is 114 cm³/mol. The normalized spacial score (nSPS) is 17.3. The summed E-state index contributed by atoms with van der Waals surface area (Å²) in [7, 11) is 0. The van der Waals surface area contributed by atoms with Crippen molar-refractivity contribution in [2.24, 2.45) is 0 Å². The minimum atomic E-state index is -4.33. The summed E-state index contributed by atoms with van der Waals surface area (Å²) in [4.78, 5) is 0. The van der Waals surface area contributed by atoms with Crippen molar-refractivity contribution in [1.29, 1.82) is 0 Å². The summed E-state index contributed by atoms with van der Waals surface area (Å²) in [5.41, 5.74) is 4.38. The Morgan fingerprint density at radius 2 is 1.62 bits per heavy atom. The zero-order valence-corrected chi connectivity index (χ0v) is 17.5. The third-order valence-corrected chi connectivity index (χ3v) is 6.10. The first-order valence-electron chi connectivity index (χ1n) is 10.7. The molecule has 0 aromatic heterocycles. The van der Waals surface area contributed by atoms with Crippen LogP contribution in [0.4, 0.5) is 13.2 Å². The van der Waals surface area contributed by atoms with Gasteiger partial charge in [0.2, 0.25) is 0 Å². The van der Waals surface area contributed by atoms with E-state index in [1.165, 1.54) is 23.3 Å². The van der Waals surface area contributed by atoms with Gasteiger partial charge < -0.3 is 14.2 Å². The van der Waals surface area contributed by atoms with Crippen LogP contribution < -0.4 is 4.74 Å². The molecule has 0 radical (unpaired) electrons. The molecule has 2 aliphatic rings. The summed E-state index contributed by atoms with van der Waals surface area (Å²) in [6.07, 6.45) is -1.84. The van der Waals surface area contributed by atoms with Crippen molar-refractivity contribution in [2.75, 3.05) is 13.2 Å². The standard InChI is InChI=1S/C26H23F3O3/c27-26(28,29)23-7-4-19(5-8-23)20-3-1-2-18(14-20)17-30-24-9-6-22-16-25(31-12-13-32-25)11-10-21(22)15-24/h1-9,14-15H,10-13,16-17H2. The first-order valence-corrected chi connectivity index (χ1v) is 10.7. The van der Waals surface area contributed by atoms with Crippen molar-refractivity contribution in [3.63, 3.8) is 0 Å². The van der Waals surface area contributed by atoms with Crippen molar-refractivity contribution >= 4 is 0 Å².